The van der Waals surface area contributed by atoms with Crippen LogP contribution in [0.4, 0.5) is 0 Å². The summed E-state index contributed by atoms with van der Waals surface area (Å²) in [5, 5.41) is 0. The smallest absolute Gasteiger partial charge is 0.335 e. The van der Waals surface area contributed by atoms with E-state index in [-0.39, 0.29) is 6.61 Å². The lowest BCUT2D eigenvalue weighted by atomic mass is 10.2. The van der Waals surface area contributed by atoms with E-state index in [0.717, 1.165) is 25.3 Å². The van der Waals surface area contributed by atoms with Crippen molar-refractivity contribution in [3.8, 4) is 0 Å². The minimum Gasteiger partial charge on any atom is -0.398 e. The highest BCUT2D eigenvalue weighted by atomic mass is 28.4. The molecule has 0 saturated heterocycles. The van der Waals surface area contributed by atoms with Crippen LogP contribution in [0.5, 0.6) is 0 Å². The largest absolute Gasteiger partial charge is 0.398 e. The van der Waals surface area contributed by atoms with Gasteiger partial charge in [0.15, 0.2) is 0 Å². The molecule has 0 aromatic rings. The van der Waals surface area contributed by atoms with E-state index in [1.807, 2.05) is 6.55 Å². The summed E-state index contributed by atoms with van der Waals surface area (Å²) in [6.07, 6.45) is 3.11. The van der Waals surface area contributed by atoms with Gasteiger partial charge in [-0.2, -0.15) is 0 Å². The molecule has 0 aliphatic carbocycles. The number of primary amides is 1. The Balaban J connectivity index is 3.79. The highest BCUT2D eigenvalue weighted by Gasteiger charge is 2.29. The summed E-state index contributed by atoms with van der Waals surface area (Å²) in [4.78, 5) is 10.6. The zero-order valence-corrected chi connectivity index (χ0v) is 10.6. The highest BCUT2D eigenvalue weighted by molar-refractivity contribution is 6.66. The minimum atomic E-state index is -2.18. The Labute approximate surface area is 92.4 Å². The molecule has 90 valence electrons. The van der Waals surface area contributed by atoms with Gasteiger partial charge in [-0.25, -0.2) is 0 Å². The second kappa shape index (κ2) is 7.81. The van der Waals surface area contributed by atoms with Gasteiger partial charge >= 0.3 is 8.56 Å². The monoisotopic (exact) mass is 234 g/mol. The topological polar surface area (TPSA) is 87.6 Å². The Morgan fingerprint density at radius 2 is 2.00 bits per heavy atom. The average molecular weight is 234 g/mol. The SMILES string of the molecule is CO[Si](C)(CCCCCN)OCC(N)=O. The molecule has 0 fully saturated rings. The maximum Gasteiger partial charge on any atom is 0.335 e. The van der Waals surface area contributed by atoms with Crippen LogP contribution in [0.15, 0.2) is 0 Å². The molecule has 0 aliphatic heterocycles. The van der Waals surface area contributed by atoms with Crippen LogP contribution in [0.2, 0.25) is 12.6 Å². The number of hydrogen-bond acceptors (Lipinski definition) is 4. The summed E-state index contributed by atoms with van der Waals surface area (Å²) >= 11 is 0. The van der Waals surface area contributed by atoms with Crippen LogP contribution in [0.25, 0.3) is 0 Å². The maximum atomic E-state index is 10.6. The summed E-state index contributed by atoms with van der Waals surface area (Å²) < 4.78 is 10.8. The van der Waals surface area contributed by atoms with E-state index in [1.54, 1.807) is 7.11 Å². The molecule has 15 heavy (non-hydrogen) atoms. The van der Waals surface area contributed by atoms with Gasteiger partial charge in [0, 0.05) is 7.11 Å². The van der Waals surface area contributed by atoms with Crippen molar-refractivity contribution in [1.29, 1.82) is 0 Å². The van der Waals surface area contributed by atoms with Crippen molar-refractivity contribution in [1.82, 2.24) is 0 Å². The molecule has 0 aromatic heterocycles. The van der Waals surface area contributed by atoms with Gasteiger partial charge in [0.25, 0.3) is 0 Å². The Bertz CT molecular complexity index is 192. The first kappa shape index (κ1) is 14.6. The molecule has 1 amide bonds. The number of unbranched alkanes of at least 4 members (excludes halogenated alkanes) is 2. The maximum absolute atomic E-state index is 10.6. The summed E-state index contributed by atoms with van der Waals surface area (Å²) in [6, 6.07) is 0.872. The number of hydrogen-bond donors (Lipinski definition) is 2. The molecule has 0 aromatic carbocycles. The van der Waals surface area contributed by atoms with Crippen LogP contribution in [0.1, 0.15) is 19.3 Å². The minimum absolute atomic E-state index is 0.0482. The summed E-state index contributed by atoms with van der Waals surface area (Å²) in [5.74, 6) is -0.451. The van der Waals surface area contributed by atoms with Crippen molar-refractivity contribution in [3.63, 3.8) is 0 Å². The van der Waals surface area contributed by atoms with Crippen molar-refractivity contribution >= 4 is 14.5 Å². The zero-order chi connectivity index (χ0) is 11.7. The molecule has 1 atom stereocenters. The summed E-state index contributed by atoms with van der Waals surface area (Å²) in [5.41, 5.74) is 10.4. The fourth-order valence-electron chi connectivity index (χ4n) is 1.22. The normalized spacial score (nSPS) is 14.9. The molecule has 0 saturated carbocycles. The van der Waals surface area contributed by atoms with Crippen LogP contribution in [0, 0.1) is 0 Å². The number of rotatable bonds is 9. The van der Waals surface area contributed by atoms with Crippen LogP contribution in [-0.2, 0) is 13.6 Å². The fourth-order valence-corrected chi connectivity index (χ4v) is 3.03. The van der Waals surface area contributed by atoms with Gasteiger partial charge in [-0.3, -0.25) is 4.79 Å². The average Bonchev–Trinajstić information content (AvgIpc) is 2.22. The van der Waals surface area contributed by atoms with Gasteiger partial charge in [-0.1, -0.05) is 12.8 Å². The summed E-state index contributed by atoms with van der Waals surface area (Å²) in [7, 11) is -0.557. The molecule has 0 heterocycles. The zero-order valence-electron chi connectivity index (χ0n) is 9.62. The van der Waals surface area contributed by atoms with Gasteiger partial charge in [-0.15, -0.1) is 0 Å². The molecule has 0 radical (unpaired) electrons. The quantitative estimate of drug-likeness (QED) is 0.445. The van der Waals surface area contributed by atoms with E-state index in [4.69, 9.17) is 20.3 Å². The van der Waals surface area contributed by atoms with E-state index in [1.165, 1.54) is 0 Å². The first-order valence-corrected chi connectivity index (χ1v) is 7.74. The van der Waals surface area contributed by atoms with Crippen LogP contribution < -0.4 is 11.5 Å². The Kier molecular flexibility index (Phi) is 7.58. The molecule has 4 N–H and O–H groups in total. The third-order valence-corrected chi connectivity index (χ3v) is 5.17. The molecule has 0 aliphatic rings. The predicted molar refractivity (Wildman–Crippen MR) is 61.5 cm³/mol. The molecule has 5 nitrogen and oxygen atoms in total. The number of nitrogens with two attached hydrogens (primary N) is 2. The van der Waals surface area contributed by atoms with E-state index in [2.05, 4.69) is 0 Å². The van der Waals surface area contributed by atoms with Gasteiger partial charge in [0.05, 0.1) is 0 Å². The third kappa shape index (κ3) is 7.49. The van der Waals surface area contributed by atoms with Crippen molar-refractivity contribution in [2.75, 3.05) is 20.3 Å². The molecule has 0 bridgehead atoms. The van der Waals surface area contributed by atoms with Gasteiger partial charge in [0.2, 0.25) is 5.91 Å². The second-order valence-corrected chi connectivity index (χ2v) is 7.16. The first-order chi connectivity index (χ1) is 7.04. The van der Waals surface area contributed by atoms with Crippen molar-refractivity contribution in [2.45, 2.75) is 31.9 Å². The third-order valence-electron chi connectivity index (χ3n) is 2.29. The van der Waals surface area contributed by atoms with Crippen LogP contribution in [-0.4, -0.2) is 34.7 Å². The lowest BCUT2D eigenvalue weighted by molar-refractivity contribution is -0.120. The fraction of sp³-hybridized carbons (Fsp3) is 0.889. The number of carbonyl (C=O) groups excluding carboxylic acids is 1. The lowest BCUT2D eigenvalue weighted by Gasteiger charge is -2.24. The predicted octanol–water partition coefficient (Wildman–Crippen LogP) is 0.336. The van der Waals surface area contributed by atoms with Crippen molar-refractivity contribution in [3.05, 3.63) is 0 Å². The molecule has 1 unspecified atom stereocenters. The van der Waals surface area contributed by atoms with Gasteiger partial charge in [0.1, 0.15) is 6.61 Å². The lowest BCUT2D eigenvalue weighted by Crippen LogP contribution is -2.40. The molecular weight excluding hydrogens is 212 g/mol. The second-order valence-electron chi connectivity index (χ2n) is 3.69. The number of amides is 1. The Morgan fingerprint density at radius 3 is 2.47 bits per heavy atom. The van der Waals surface area contributed by atoms with Gasteiger partial charge in [-0.05, 0) is 25.6 Å². The summed E-state index contributed by atoms with van der Waals surface area (Å²) in [6.45, 7) is 2.61. The van der Waals surface area contributed by atoms with Crippen LogP contribution >= 0.6 is 0 Å². The molecule has 6 heteroatoms. The van der Waals surface area contributed by atoms with Gasteiger partial charge < -0.3 is 20.3 Å². The van der Waals surface area contributed by atoms with E-state index >= 15 is 0 Å². The van der Waals surface area contributed by atoms with E-state index in [9.17, 15) is 4.79 Å². The Morgan fingerprint density at radius 1 is 1.33 bits per heavy atom. The number of carbonyl (C=O) groups is 1. The van der Waals surface area contributed by atoms with E-state index < -0.39 is 14.5 Å². The van der Waals surface area contributed by atoms with Crippen LogP contribution in [0.3, 0.4) is 0 Å². The molecule has 0 spiro atoms. The van der Waals surface area contributed by atoms with E-state index in [0.29, 0.717) is 6.54 Å². The first-order valence-electron chi connectivity index (χ1n) is 5.21. The van der Waals surface area contributed by atoms with Crippen molar-refractivity contribution < 1.29 is 13.6 Å². The Hall–Kier alpha value is -0.433. The standard InChI is InChI=1S/C9H22N2O3Si/c1-13-15(2,14-8-9(11)12)7-5-3-4-6-10/h3-8,10H2,1-2H3,(H2,11,12). The highest BCUT2D eigenvalue weighted by Crippen LogP contribution is 2.16. The molecular formula is C9H22N2O3Si. The molecule has 0 rings (SSSR count). The van der Waals surface area contributed by atoms with Crippen molar-refractivity contribution in [2.24, 2.45) is 11.5 Å².